The maximum atomic E-state index is 12.3. The number of aliphatic hydroxyl groups is 1. The van der Waals surface area contributed by atoms with E-state index in [9.17, 15) is 13.5 Å². The van der Waals surface area contributed by atoms with Gasteiger partial charge < -0.3 is 5.11 Å². The zero-order chi connectivity index (χ0) is 15.3. The minimum atomic E-state index is -3.48. The molecule has 1 aromatic carbocycles. The second-order valence-electron chi connectivity index (χ2n) is 5.89. The van der Waals surface area contributed by atoms with Crippen molar-refractivity contribution in [2.24, 2.45) is 5.92 Å². The zero-order valence-electron chi connectivity index (χ0n) is 12.6. The van der Waals surface area contributed by atoms with Crippen molar-refractivity contribution in [2.45, 2.75) is 57.0 Å². The van der Waals surface area contributed by atoms with Crippen molar-refractivity contribution < 1.29 is 13.5 Å². The highest BCUT2D eigenvalue weighted by Crippen LogP contribution is 2.28. The van der Waals surface area contributed by atoms with E-state index in [1.807, 2.05) is 0 Å². The average molecular weight is 311 g/mol. The first-order valence-corrected chi connectivity index (χ1v) is 9.22. The summed E-state index contributed by atoms with van der Waals surface area (Å²) in [7, 11) is -3.48. The highest BCUT2D eigenvalue weighted by Gasteiger charge is 2.18. The zero-order valence-corrected chi connectivity index (χ0v) is 13.5. The summed E-state index contributed by atoms with van der Waals surface area (Å²) in [5.41, 5.74) is 1.28. The Hall–Kier alpha value is -0.910. The molecule has 0 atom stereocenters. The van der Waals surface area contributed by atoms with Crippen LogP contribution in [0.2, 0.25) is 0 Å². The summed E-state index contributed by atoms with van der Waals surface area (Å²) in [6, 6.07) is 5.01. The Balaban J connectivity index is 1.92. The summed E-state index contributed by atoms with van der Waals surface area (Å²) >= 11 is 0. The van der Waals surface area contributed by atoms with Gasteiger partial charge in [-0.05, 0) is 42.9 Å². The predicted octanol–water partition coefficient (Wildman–Crippen LogP) is 2.74. The second-order valence-corrected chi connectivity index (χ2v) is 7.62. The van der Waals surface area contributed by atoms with E-state index >= 15 is 0 Å². The molecule has 1 saturated carbocycles. The van der Waals surface area contributed by atoms with E-state index in [0.717, 1.165) is 18.8 Å². The fourth-order valence-corrected chi connectivity index (χ4v) is 4.46. The molecule has 0 heterocycles. The smallest absolute Gasteiger partial charge is 0.240 e. The third-order valence-corrected chi connectivity index (χ3v) is 6.02. The second kappa shape index (κ2) is 7.38. The molecule has 1 fully saturated rings. The summed E-state index contributed by atoms with van der Waals surface area (Å²) in [6.07, 6.45) is 7.24. The van der Waals surface area contributed by atoms with Gasteiger partial charge in [-0.1, -0.05) is 37.8 Å². The van der Waals surface area contributed by atoms with Crippen LogP contribution in [0.3, 0.4) is 0 Å². The van der Waals surface area contributed by atoms with Crippen LogP contribution in [0.15, 0.2) is 23.1 Å². The van der Waals surface area contributed by atoms with Gasteiger partial charge >= 0.3 is 0 Å². The van der Waals surface area contributed by atoms with Gasteiger partial charge in [0, 0.05) is 6.54 Å². The SMILES string of the molecule is Cc1c(CO)cccc1S(=O)(=O)NCCCC1CCCC1. The molecule has 2 rings (SSSR count). The Labute approximate surface area is 127 Å². The summed E-state index contributed by atoms with van der Waals surface area (Å²) in [6.45, 7) is 2.08. The van der Waals surface area contributed by atoms with Crippen LogP contribution in [-0.4, -0.2) is 20.1 Å². The Morgan fingerprint density at radius 1 is 1.29 bits per heavy atom. The number of aliphatic hydroxyl groups excluding tert-OH is 1. The molecule has 1 aliphatic carbocycles. The molecule has 0 radical (unpaired) electrons. The monoisotopic (exact) mass is 311 g/mol. The van der Waals surface area contributed by atoms with Gasteiger partial charge in [-0.25, -0.2) is 13.1 Å². The lowest BCUT2D eigenvalue weighted by molar-refractivity contribution is 0.280. The van der Waals surface area contributed by atoms with E-state index in [-0.39, 0.29) is 11.5 Å². The molecule has 1 aromatic rings. The number of hydrogen-bond acceptors (Lipinski definition) is 3. The van der Waals surface area contributed by atoms with Crippen LogP contribution in [0.1, 0.15) is 49.7 Å². The van der Waals surface area contributed by atoms with Crippen molar-refractivity contribution in [2.75, 3.05) is 6.54 Å². The Kier molecular flexibility index (Phi) is 5.79. The molecule has 0 bridgehead atoms. The predicted molar refractivity (Wildman–Crippen MR) is 83.5 cm³/mol. The third kappa shape index (κ3) is 4.28. The van der Waals surface area contributed by atoms with Crippen LogP contribution in [0, 0.1) is 12.8 Å². The summed E-state index contributed by atoms with van der Waals surface area (Å²) in [5, 5.41) is 9.23. The number of hydrogen-bond donors (Lipinski definition) is 2. The van der Waals surface area contributed by atoms with E-state index in [0.29, 0.717) is 17.7 Å². The molecule has 1 aliphatic rings. The minimum Gasteiger partial charge on any atom is -0.392 e. The highest BCUT2D eigenvalue weighted by molar-refractivity contribution is 7.89. The van der Waals surface area contributed by atoms with Crippen molar-refractivity contribution in [1.82, 2.24) is 4.72 Å². The van der Waals surface area contributed by atoms with E-state index in [4.69, 9.17) is 0 Å². The molecule has 4 nitrogen and oxygen atoms in total. The molecule has 0 aromatic heterocycles. The van der Waals surface area contributed by atoms with Crippen LogP contribution >= 0.6 is 0 Å². The lowest BCUT2D eigenvalue weighted by Crippen LogP contribution is -2.26. The molecule has 5 heteroatoms. The van der Waals surface area contributed by atoms with E-state index in [2.05, 4.69) is 4.72 Å². The number of nitrogens with one attached hydrogen (secondary N) is 1. The molecule has 0 unspecified atom stereocenters. The topological polar surface area (TPSA) is 66.4 Å². The first-order chi connectivity index (χ1) is 10.0. The molecule has 21 heavy (non-hydrogen) atoms. The van der Waals surface area contributed by atoms with Crippen LogP contribution in [0.4, 0.5) is 0 Å². The molecule has 0 amide bonds. The normalized spacial score (nSPS) is 16.5. The lowest BCUT2D eigenvalue weighted by Gasteiger charge is -2.12. The summed E-state index contributed by atoms with van der Waals surface area (Å²) in [5.74, 6) is 0.786. The van der Waals surface area contributed by atoms with Gasteiger partial charge in [0.15, 0.2) is 0 Å². The van der Waals surface area contributed by atoms with E-state index in [1.165, 1.54) is 25.7 Å². The van der Waals surface area contributed by atoms with Crippen LogP contribution < -0.4 is 4.72 Å². The fourth-order valence-electron chi connectivity index (χ4n) is 3.10. The molecule has 0 spiro atoms. The van der Waals surface area contributed by atoms with E-state index < -0.39 is 10.0 Å². The number of benzene rings is 1. The molecule has 2 N–H and O–H groups in total. The standard InChI is InChI=1S/C16H25NO3S/c1-13-15(12-18)9-4-10-16(13)21(19,20)17-11-5-8-14-6-2-3-7-14/h4,9-10,14,17-18H,2-3,5-8,11-12H2,1H3. The molecular formula is C16H25NO3S. The van der Waals surface area contributed by atoms with Gasteiger partial charge in [-0.3, -0.25) is 0 Å². The maximum absolute atomic E-state index is 12.3. The highest BCUT2D eigenvalue weighted by atomic mass is 32.2. The van der Waals surface area contributed by atoms with Gasteiger partial charge in [0.1, 0.15) is 0 Å². The van der Waals surface area contributed by atoms with Crippen molar-refractivity contribution in [3.63, 3.8) is 0 Å². The lowest BCUT2D eigenvalue weighted by atomic mass is 10.0. The Bertz CT molecular complexity index is 563. The van der Waals surface area contributed by atoms with E-state index in [1.54, 1.807) is 25.1 Å². The largest absolute Gasteiger partial charge is 0.392 e. The van der Waals surface area contributed by atoms with Crippen LogP contribution in [0.25, 0.3) is 0 Å². The molecule has 0 saturated heterocycles. The van der Waals surface area contributed by atoms with Gasteiger partial charge in [0.2, 0.25) is 10.0 Å². The number of rotatable bonds is 7. The van der Waals surface area contributed by atoms with Crippen molar-refractivity contribution >= 4 is 10.0 Å². The quantitative estimate of drug-likeness (QED) is 0.761. The Morgan fingerprint density at radius 3 is 2.67 bits per heavy atom. The number of sulfonamides is 1. The summed E-state index contributed by atoms with van der Waals surface area (Å²) in [4.78, 5) is 0.273. The van der Waals surface area contributed by atoms with Crippen molar-refractivity contribution in [3.05, 3.63) is 29.3 Å². The first kappa shape index (κ1) is 16.5. The fraction of sp³-hybridized carbons (Fsp3) is 0.625. The van der Waals surface area contributed by atoms with Gasteiger partial charge in [-0.15, -0.1) is 0 Å². The Morgan fingerprint density at radius 2 is 2.00 bits per heavy atom. The van der Waals surface area contributed by atoms with Gasteiger partial charge in [0.25, 0.3) is 0 Å². The van der Waals surface area contributed by atoms with Gasteiger partial charge in [0.05, 0.1) is 11.5 Å². The average Bonchev–Trinajstić information content (AvgIpc) is 2.97. The molecule has 0 aliphatic heterocycles. The third-order valence-electron chi connectivity index (χ3n) is 4.41. The maximum Gasteiger partial charge on any atom is 0.240 e. The van der Waals surface area contributed by atoms with Crippen molar-refractivity contribution in [3.8, 4) is 0 Å². The van der Waals surface area contributed by atoms with Crippen LogP contribution in [-0.2, 0) is 16.6 Å². The van der Waals surface area contributed by atoms with Crippen LogP contribution in [0.5, 0.6) is 0 Å². The first-order valence-electron chi connectivity index (χ1n) is 7.73. The molecule has 118 valence electrons. The minimum absolute atomic E-state index is 0.142. The van der Waals surface area contributed by atoms with Crippen molar-refractivity contribution in [1.29, 1.82) is 0 Å². The van der Waals surface area contributed by atoms with Gasteiger partial charge in [-0.2, -0.15) is 0 Å². The summed E-state index contributed by atoms with van der Waals surface area (Å²) < 4.78 is 27.3. The molecular weight excluding hydrogens is 286 g/mol.